The minimum Gasteiger partial charge on any atom is -0.306 e. The van der Waals surface area contributed by atoms with E-state index in [1.54, 1.807) is 0 Å². The number of carbonyl (C=O) groups is 1. The Hall–Kier alpha value is -1.59. The van der Waals surface area contributed by atoms with Crippen LogP contribution in [-0.2, 0) is 4.84 Å². The van der Waals surface area contributed by atoms with Crippen LogP contribution in [0.2, 0.25) is 0 Å². The lowest BCUT2D eigenvalue weighted by atomic mass is 10.1. The standard InChI is InChI=1S/C14H21N3O2/c18-14(15-13-7-3-1-4-8-13)16-19-12-11-17-9-5-2-6-10-17/h1,3-4,7-8H,2,5-6,9-12H2,(H2,15,16,18). The molecule has 1 aromatic carbocycles. The number of rotatable bonds is 5. The number of hydroxylamine groups is 1. The van der Waals surface area contributed by atoms with E-state index in [-0.39, 0.29) is 6.03 Å². The van der Waals surface area contributed by atoms with Crippen molar-refractivity contribution in [2.24, 2.45) is 0 Å². The van der Waals surface area contributed by atoms with Crippen molar-refractivity contribution in [3.8, 4) is 0 Å². The fraction of sp³-hybridized carbons (Fsp3) is 0.500. The molecule has 5 nitrogen and oxygen atoms in total. The maximum absolute atomic E-state index is 11.5. The predicted octanol–water partition coefficient (Wildman–Crippen LogP) is 2.23. The molecule has 2 amide bonds. The average Bonchev–Trinajstić information content (AvgIpc) is 2.46. The van der Waals surface area contributed by atoms with E-state index in [1.165, 1.54) is 19.3 Å². The molecular weight excluding hydrogens is 242 g/mol. The van der Waals surface area contributed by atoms with E-state index in [2.05, 4.69) is 15.7 Å². The zero-order valence-electron chi connectivity index (χ0n) is 11.1. The van der Waals surface area contributed by atoms with Gasteiger partial charge in [-0.1, -0.05) is 24.6 Å². The molecule has 1 aromatic rings. The molecule has 2 rings (SSSR count). The summed E-state index contributed by atoms with van der Waals surface area (Å²) in [6.45, 7) is 3.66. The lowest BCUT2D eigenvalue weighted by Gasteiger charge is -2.25. The van der Waals surface area contributed by atoms with E-state index in [0.717, 1.165) is 25.3 Å². The Bertz CT molecular complexity index is 378. The highest BCUT2D eigenvalue weighted by Gasteiger charge is 2.09. The number of urea groups is 1. The number of nitrogens with one attached hydrogen (secondary N) is 2. The molecule has 0 saturated carbocycles. The van der Waals surface area contributed by atoms with Gasteiger partial charge in [-0.15, -0.1) is 0 Å². The summed E-state index contributed by atoms with van der Waals surface area (Å²) in [7, 11) is 0. The molecule has 2 N–H and O–H groups in total. The van der Waals surface area contributed by atoms with Crippen molar-refractivity contribution >= 4 is 11.7 Å². The highest BCUT2D eigenvalue weighted by molar-refractivity contribution is 5.88. The molecular formula is C14H21N3O2. The number of piperidine rings is 1. The molecule has 0 unspecified atom stereocenters. The van der Waals surface area contributed by atoms with Crippen LogP contribution in [0.1, 0.15) is 19.3 Å². The Labute approximate surface area is 113 Å². The Balaban J connectivity index is 1.56. The molecule has 0 bridgehead atoms. The molecule has 0 atom stereocenters. The van der Waals surface area contributed by atoms with E-state index in [4.69, 9.17) is 4.84 Å². The second-order valence-corrected chi connectivity index (χ2v) is 4.67. The molecule has 1 fully saturated rings. The number of likely N-dealkylation sites (tertiary alicyclic amines) is 1. The van der Waals surface area contributed by atoms with Crippen molar-refractivity contribution in [3.05, 3.63) is 30.3 Å². The van der Waals surface area contributed by atoms with Gasteiger partial charge in [-0.3, -0.25) is 4.84 Å². The van der Waals surface area contributed by atoms with Gasteiger partial charge in [0.05, 0.1) is 6.61 Å². The van der Waals surface area contributed by atoms with E-state index in [9.17, 15) is 4.79 Å². The number of carbonyl (C=O) groups excluding carboxylic acids is 1. The van der Waals surface area contributed by atoms with Crippen LogP contribution >= 0.6 is 0 Å². The molecule has 0 aliphatic carbocycles. The van der Waals surface area contributed by atoms with Crippen LogP contribution in [0.15, 0.2) is 30.3 Å². The first-order valence-electron chi connectivity index (χ1n) is 6.81. The summed E-state index contributed by atoms with van der Waals surface area (Å²) in [5, 5.41) is 2.69. The van der Waals surface area contributed by atoms with Gasteiger partial charge >= 0.3 is 6.03 Å². The van der Waals surface area contributed by atoms with Crippen LogP contribution in [0.5, 0.6) is 0 Å². The van der Waals surface area contributed by atoms with Crippen molar-refractivity contribution in [1.29, 1.82) is 0 Å². The van der Waals surface area contributed by atoms with Crippen LogP contribution in [0.25, 0.3) is 0 Å². The van der Waals surface area contributed by atoms with Gasteiger partial charge < -0.3 is 10.2 Å². The van der Waals surface area contributed by atoms with E-state index < -0.39 is 0 Å². The Morgan fingerprint density at radius 2 is 1.89 bits per heavy atom. The van der Waals surface area contributed by atoms with Crippen LogP contribution in [0.4, 0.5) is 10.5 Å². The summed E-state index contributed by atoms with van der Waals surface area (Å²) in [6.07, 6.45) is 3.86. The van der Waals surface area contributed by atoms with Crippen molar-refractivity contribution in [2.45, 2.75) is 19.3 Å². The van der Waals surface area contributed by atoms with E-state index in [1.807, 2.05) is 30.3 Å². The molecule has 1 aliphatic heterocycles. The van der Waals surface area contributed by atoms with Crippen molar-refractivity contribution in [3.63, 3.8) is 0 Å². The maximum atomic E-state index is 11.5. The monoisotopic (exact) mass is 263 g/mol. The molecule has 0 spiro atoms. The van der Waals surface area contributed by atoms with Crippen molar-refractivity contribution in [2.75, 3.05) is 31.6 Å². The van der Waals surface area contributed by atoms with Crippen molar-refractivity contribution in [1.82, 2.24) is 10.4 Å². The Morgan fingerprint density at radius 3 is 2.63 bits per heavy atom. The van der Waals surface area contributed by atoms with Crippen LogP contribution in [0, 0.1) is 0 Å². The maximum Gasteiger partial charge on any atom is 0.343 e. The number of hydrogen-bond acceptors (Lipinski definition) is 3. The third kappa shape index (κ3) is 5.28. The molecule has 19 heavy (non-hydrogen) atoms. The van der Waals surface area contributed by atoms with Gasteiger partial charge in [0.1, 0.15) is 0 Å². The van der Waals surface area contributed by atoms with Crippen molar-refractivity contribution < 1.29 is 9.63 Å². The van der Waals surface area contributed by atoms with Gasteiger partial charge in [-0.25, -0.2) is 10.3 Å². The summed E-state index contributed by atoms with van der Waals surface area (Å²) in [6, 6.07) is 8.95. The summed E-state index contributed by atoms with van der Waals surface area (Å²) >= 11 is 0. The summed E-state index contributed by atoms with van der Waals surface area (Å²) in [5.41, 5.74) is 3.14. The molecule has 1 aliphatic rings. The zero-order chi connectivity index (χ0) is 13.3. The lowest BCUT2D eigenvalue weighted by Crippen LogP contribution is -2.36. The minimum atomic E-state index is -0.343. The molecule has 1 heterocycles. The molecule has 1 saturated heterocycles. The van der Waals surface area contributed by atoms with Gasteiger partial charge in [-0.2, -0.15) is 0 Å². The highest BCUT2D eigenvalue weighted by atomic mass is 16.7. The van der Waals surface area contributed by atoms with Crippen LogP contribution < -0.4 is 10.8 Å². The zero-order valence-corrected chi connectivity index (χ0v) is 11.1. The number of para-hydroxylation sites is 1. The third-order valence-corrected chi connectivity index (χ3v) is 3.15. The number of amides is 2. The summed E-state index contributed by atoms with van der Waals surface area (Å²) in [5.74, 6) is 0. The SMILES string of the molecule is O=C(NOCCN1CCCCC1)Nc1ccccc1. The topological polar surface area (TPSA) is 53.6 Å². The minimum absolute atomic E-state index is 0.343. The lowest BCUT2D eigenvalue weighted by molar-refractivity contribution is 0.0454. The third-order valence-electron chi connectivity index (χ3n) is 3.15. The number of anilines is 1. The Kier molecular flexibility index (Phi) is 5.65. The number of benzene rings is 1. The van der Waals surface area contributed by atoms with Crippen LogP contribution in [0.3, 0.4) is 0 Å². The fourth-order valence-electron chi connectivity index (χ4n) is 2.15. The second kappa shape index (κ2) is 7.76. The first kappa shape index (κ1) is 13.8. The number of hydrogen-bond donors (Lipinski definition) is 2. The molecule has 0 radical (unpaired) electrons. The molecule has 5 heteroatoms. The van der Waals surface area contributed by atoms with E-state index >= 15 is 0 Å². The van der Waals surface area contributed by atoms with Gasteiger partial charge in [0.2, 0.25) is 0 Å². The van der Waals surface area contributed by atoms with Crippen LogP contribution in [-0.4, -0.2) is 37.2 Å². The first-order valence-corrected chi connectivity index (χ1v) is 6.81. The van der Waals surface area contributed by atoms with E-state index in [0.29, 0.717) is 6.61 Å². The second-order valence-electron chi connectivity index (χ2n) is 4.67. The molecule has 0 aromatic heterocycles. The van der Waals surface area contributed by atoms with Gasteiger partial charge in [0.15, 0.2) is 0 Å². The number of nitrogens with zero attached hydrogens (tertiary/aromatic N) is 1. The van der Waals surface area contributed by atoms with Gasteiger partial charge in [-0.05, 0) is 38.1 Å². The van der Waals surface area contributed by atoms with Gasteiger partial charge in [0.25, 0.3) is 0 Å². The highest BCUT2D eigenvalue weighted by Crippen LogP contribution is 2.07. The quantitative estimate of drug-likeness (QED) is 0.632. The predicted molar refractivity (Wildman–Crippen MR) is 74.8 cm³/mol. The Morgan fingerprint density at radius 1 is 1.16 bits per heavy atom. The molecule has 104 valence electrons. The fourth-order valence-corrected chi connectivity index (χ4v) is 2.15. The first-order chi connectivity index (χ1) is 9.34. The van der Waals surface area contributed by atoms with Gasteiger partial charge in [0, 0.05) is 12.2 Å². The normalized spacial score (nSPS) is 16.0. The summed E-state index contributed by atoms with van der Waals surface area (Å²) < 4.78 is 0. The summed E-state index contributed by atoms with van der Waals surface area (Å²) in [4.78, 5) is 19.0. The largest absolute Gasteiger partial charge is 0.343 e. The average molecular weight is 263 g/mol. The smallest absolute Gasteiger partial charge is 0.306 e.